The van der Waals surface area contributed by atoms with Crippen molar-refractivity contribution in [2.45, 2.75) is 12.8 Å². The van der Waals surface area contributed by atoms with Gasteiger partial charge in [-0.3, -0.25) is 4.79 Å². The molecule has 17 heavy (non-hydrogen) atoms. The highest BCUT2D eigenvalue weighted by atomic mass is 79.9. The number of rotatable bonds is 4. The van der Waals surface area contributed by atoms with Gasteiger partial charge >= 0.3 is 0 Å². The summed E-state index contributed by atoms with van der Waals surface area (Å²) >= 11 is 3.43. The third kappa shape index (κ3) is 3.07. The van der Waals surface area contributed by atoms with E-state index in [2.05, 4.69) is 21.2 Å². The first-order chi connectivity index (χ1) is 8.20. The first-order valence-corrected chi connectivity index (χ1v) is 6.56. The summed E-state index contributed by atoms with van der Waals surface area (Å²) in [6.45, 7) is 1.79. The number of nitrogens with one attached hydrogen (secondary N) is 1. The Morgan fingerprint density at radius 2 is 2.41 bits per heavy atom. The molecule has 1 atom stereocenters. The van der Waals surface area contributed by atoms with E-state index in [0.29, 0.717) is 12.2 Å². The van der Waals surface area contributed by atoms with Crippen LogP contribution < -0.4 is 10.1 Å². The number of ketones is 1. The molecule has 0 radical (unpaired) electrons. The van der Waals surface area contributed by atoms with E-state index in [1.807, 2.05) is 18.2 Å². The molecule has 1 fully saturated rings. The van der Waals surface area contributed by atoms with Crippen LogP contribution in [0.25, 0.3) is 0 Å². The molecule has 0 saturated carbocycles. The lowest BCUT2D eigenvalue weighted by atomic mass is 9.97. The summed E-state index contributed by atoms with van der Waals surface area (Å²) in [6, 6.07) is 5.79. The number of carbonyl (C=O) groups excluding carboxylic acids is 1. The second kappa shape index (κ2) is 5.65. The van der Waals surface area contributed by atoms with E-state index >= 15 is 0 Å². The number of halogens is 1. The smallest absolute Gasteiger partial charge is 0.141 e. The lowest BCUT2D eigenvalue weighted by Crippen LogP contribution is -2.19. The van der Waals surface area contributed by atoms with Crippen molar-refractivity contribution in [2.24, 2.45) is 5.92 Å². The molecule has 0 aromatic heterocycles. The first kappa shape index (κ1) is 12.6. The molecule has 1 aliphatic rings. The minimum absolute atomic E-state index is 0.191. The third-order valence-electron chi connectivity index (χ3n) is 3.11. The summed E-state index contributed by atoms with van der Waals surface area (Å²) in [4.78, 5) is 12.0. The van der Waals surface area contributed by atoms with Crippen LogP contribution in [0.2, 0.25) is 0 Å². The standard InChI is InChI=1S/C13H16BrNO2/c1-17-13-3-2-9(6-11(13)14)7-12(16)10-4-5-15-8-10/h2-3,6,10,15H,4-5,7-8H2,1H3. The first-order valence-electron chi connectivity index (χ1n) is 5.76. The molecule has 92 valence electrons. The molecule has 3 nitrogen and oxygen atoms in total. The van der Waals surface area contributed by atoms with Crippen LogP contribution in [-0.2, 0) is 11.2 Å². The second-order valence-electron chi connectivity index (χ2n) is 4.30. The highest BCUT2D eigenvalue weighted by Crippen LogP contribution is 2.26. The van der Waals surface area contributed by atoms with Crippen LogP contribution in [0.15, 0.2) is 22.7 Å². The van der Waals surface area contributed by atoms with Crippen LogP contribution in [0.4, 0.5) is 0 Å². The number of hydrogen-bond acceptors (Lipinski definition) is 3. The summed E-state index contributed by atoms with van der Waals surface area (Å²) in [6.07, 6.45) is 1.48. The Hall–Kier alpha value is -0.870. The Morgan fingerprint density at radius 3 is 3.00 bits per heavy atom. The van der Waals surface area contributed by atoms with Crippen molar-refractivity contribution in [1.29, 1.82) is 0 Å². The fourth-order valence-corrected chi connectivity index (χ4v) is 2.68. The molecule has 1 unspecified atom stereocenters. The summed E-state index contributed by atoms with van der Waals surface area (Å²) in [5.74, 6) is 1.31. The number of methoxy groups -OCH3 is 1. The zero-order valence-corrected chi connectivity index (χ0v) is 11.4. The van der Waals surface area contributed by atoms with Crippen LogP contribution in [0.5, 0.6) is 5.75 Å². The molecule has 1 N–H and O–H groups in total. The van der Waals surface area contributed by atoms with Gasteiger partial charge in [-0.05, 0) is 46.6 Å². The summed E-state index contributed by atoms with van der Waals surface area (Å²) in [5, 5.41) is 3.22. The van der Waals surface area contributed by atoms with E-state index < -0.39 is 0 Å². The van der Waals surface area contributed by atoms with E-state index in [1.54, 1.807) is 7.11 Å². The van der Waals surface area contributed by atoms with Crippen molar-refractivity contribution in [3.63, 3.8) is 0 Å². The Kier molecular flexibility index (Phi) is 4.18. The van der Waals surface area contributed by atoms with Crippen LogP contribution in [-0.4, -0.2) is 26.0 Å². The predicted octanol–water partition coefficient (Wildman–Crippen LogP) is 2.18. The van der Waals surface area contributed by atoms with Gasteiger partial charge in [-0.15, -0.1) is 0 Å². The minimum Gasteiger partial charge on any atom is -0.496 e. The molecule has 1 aromatic rings. The average Bonchev–Trinajstić information content (AvgIpc) is 2.82. The monoisotopic (exact) mass is 297 g/mol. The zero-order chi connectivity index (χ0) is 12.3. The normalized spacial score (nSPS) is 19.3. The van der Waals surface area contributed by atoms with Crippen molar-refractivity contribution in [1.82, 2.24) is 5.32 Å². The molecular weight excluding hydrogens is 282 g/mol. The Balaban J connectivity index is 2.03. The van der Waals surface area contributed by atoms with Gasteiger partial charge in [0.2, 0.25) is 0 Å². The largest absolute Gasteiger partial charge is 0.496 e. The summed E-state index contributed by atoms with van der Waals surface area (Å²) < 4.78 is 6.06. The Morgan fingerprint density at radius 1 is 1.59 bits per heavy atom. The summed E-state index contributed by atoms with van der Waals surface area (Å²) in [7, 11) is 1.63. The fourth-order valence-electron chi connectivity index (χ4n) is 2.09. The van der Waals surface area contributed by atoms with Crippen LogP contribution in [0.1, 0.15) is 12.0 Å². The lowest BCUT2D eigenvalue weighted by Gasteiger charge is -2.09. The van der Waals surface area contributed by atoms with Crippen molar-refractivity contribution in [3.8, 4) is 5.75 Å². The van der Waals surface area contributed by atoms with Gasteiger partial charge < -0.3 is 10.1 Å². The topological polar surface area (TPSA) is 38.3 Å². The van der Waals surface area contributed by atoms with Crippen LogP contribution in [0, 0.1) is 5.92 Å². The Bertz CT molecular complexity index is 414. The SMILES string of the molecule is COc1ccc(CC(=O)C2CCNC2)cc1Br. The maximum atomic E-state index is 12.0. The van der Waals surface area contributed by atoms with Crippen molar-refractivity contribution in [2.75, 3.05) is 20.2 Å². The summed E-state index contributed by atoms with van der Waals surface area (Å²) in [5.41, 5.74) is 1.04. The average molecular weight is 298 g/mol. The molecule has 1 heterocycles. The van der Waals surface area contributed by atoms with E-state index in [0.717, 1.165) is 35.3 Å². The zero-order valence-electron chi connectivity index (χ0n) is 9.83. The number of Topliss-reactive ketones (excluding diaryl/α,β-unsaturated/α-hetero) is 1. The van der Waals surface area contributed by atoms with Gasteiger partial charge in [-0.2, -0.15) is 0 Å². The van der Waals surface area contributed by atoms with Crippen molar-refractivity contribution < 1.29 is 9.53 Å². The Labute approximate surface area is 110 Å². The van der Waals surface area contributed by atoms with Crippen LogP contribution in [0.3, 0.4) is 0 Å². The van der Waals surface area contributed by atoms with E-state index in [4.69, 9.17) is 4.74 Å². The van der Waals surface area contributed by atoms with Gasteiger partial charge in [-0.1, -0.05) is 6.07 Å². The lowest BCUT2D eigenvalue weighted by molar-refractivity contribution is -0.121. The number of benzene rings is 1. The predicted molar refractivity (Wildman–Crippen MR) is 70.4 cm³/mol. The van der Waals surface area contributed by atoms with Gasteiger partial charge in [0.15, 0.2) is 0 Å². The maximum Gasteiger partial charge on any atom is 0.141 e. The molecule has 2 rings (SSSR count). The fraction of sp³-hybridized carbons (Fsp3) is 0.462. The van der Waals surface area contributed by atoms with Gasteiger partial charge in [0.05, 0.1) is 11.6 Å². The second-order valence-corrected chi connectivity index (χ2v) is 5.16. The van der Waals surface area contributed by atoms with Crippen molar-refractivity contribution in [3.05, 3.63) is 28.2 Å². The van der Waals surface area contributed by atoms with Crippen molar-refractivity contribution >= 4 is 21.7 Å². The van der Waals surface area contributed by atoms with Gasteiger partial charge in [-0.25, -0.2) is 0 Å². The van der Waals surface area contributed by atoms with Gasteiger partial charge in [0, 0.05) is 18.9 Å². The van der Waals surface area contributed by atoms with E-state index in [1.165, 1.54) is 0 Å². The molecule has 0 spiro atoms. The maximum absolute atomic E-state index is 12.0. The van der Waals surface area contributed by atoms with E-state index in [9.17, 15) is 4.79 Å². The molecule has 1 aliphatic heterocycles. The number of hydrogen-bond donors (Lipinski definition) is 1. The molecule has 0 bridgehead atoms. The van der Waals surface area contributed by atoms with E-state index in [-0.39, 0.29) is 5.92 Å². The molecule has 1 aromatic carbocycles. The van der Waals surface area contributed by atoms with Gasteiger partial charge in [0.1, 0.15) is 11.5 Å². The quantitative estimate of drug-likeness (QED) is 0.926. The third-order valence-corrected chi connectivity index (χ3v) is 3.73. The molecular formula is C13H16BrNO2. The van der Waals surface area contributed by atoms with Crippen LogP contribution >= 0.6 is 15.9 Å². The molecule has 4 heteroatoms. The number of carbonyl (C=O) groups is 1. The molecule has 0 aliphatic carbocycles. The van der Waals surface area contributed by atoms with Gasteiger partial charge in [0.25, 0.3) is 0 Å². The minimum atomic E-state index is 0.191. The number of ether oxygens (including phenoxy) is 1. The highest BCUT2D eigenvalue weighted by Gasteiger charge is 2.22. The highest BCUT2D eigenvalue weighted by molar-refractivity contribution is 9.10. The molecule has 1 saturated heterocycles. The molecule has 0 amide bonds.